The van der Waals surface area contributed by atoms with E-state index in [0.717, 1.165) is 64.5 Å². The number of nitrogens with one attached hydrogen (secondary N) is 2. The number of hydrogen-bond acceptors (Lipinski definition) is 5. The van der Waals surface area contributed by atoms with Gasteiger partial charge in [-0.05, 0) is 37.1 Å². The van der Waals surface area contributed by atoms with Crippen molar-refractivity contribution in [2.45, 2.75) is 31.8 Å². The zero-order chi connectivity index (χ0) is 19.8. The van der Waals surface area contributed by atoms with Crippen LogP contribution < -0.4 is 15.4 Å². The van der Waals surface area contributed by atoms with Gasteiger partial charge in [0.1, 0.15) is 5.75 Å². The van der Waals surface area contributed by atoms with Crippen LogP contribution in [0, 0.1) is 0 Å². The summed E-state index contributed by atoms with van der Waals surface area (Å²) in [5.41, 5.74) is 1.21. The lowest BCUT2D eigenvalue weighted by atomic mass is 10.0. The molecule has 2 saturated heterocycles. The summed E-state index contributed by atoms with van der Waals surface area (Å²) in [6, 6.07) is 8.48. The van der Waals surface area contributed by atoms with Crippen molar-refractivity contribution in [2.24, 2.45) is 0 Å². The van der Waals surface area contributed by atoms with Crippen LogP contribution in [0.4, 0.5) is 4.79 Å². The Morgan fingerprint density at radius 3 is 2.46 bits per heavy atom. The monoisotopic (exact) mass is 390 g/mol. The largest absolute Gasteiger partial charge is 0.497 e. The topological polar surface area (TPSA) is 66.1 Å². The summed E-state index contributed by atoms with van der Waals surface area (Å²) in [7, 11) is 1.68. The highest BCUT2D eigenvalue weighted by Crippen LogP contribution is 2.24. The lowest BCUT2D eigenvalue weighted by molar-refractivity contribution is 0.0795. The van der Waals surface area contributed by atoms with Crippen molar-refractivity contribution in [3.05, 3.63) is 29.8 Å². The van der Waals surface area contributed by atoms with E-state index >= 15 is 0 Å². The maximum atomic E-state index is 12.4. The van der Waals surface area contributed by atoms with Crippen LogP contribution in [-0.4, -0.2) is 81.5 Å². The minimum Gasteiger partial charge on any atom is -0.497 e. The molecule has 7 heteroatoms. The Morgan fingerprint density at radius 1 is 1.18 bits per heavy atom. The number of nitrogens with zero attached hydrogens (tertiary/aromatic N) is 2. The van der Waals surface area contributed by atoms with Gasteiger partial charge in [0.05, 0.1) is 13.2 Å². The average Bonchev–Trinajstić information content (AvgIpc) is 2.75. The van der Waals surface area contributed by atoms with Gasteiger partial charge in [-0.3, -0.25) is 4.90 Å². The third-order valence-corrected chi connectivity index (χ3v) is 5.81. The molecular formula is C21H34N4O3. The van der Waals surface area contributed by atoms with E-state index < -0.39 is 0 Å². The summed E-state index contributed by atoms with van der Waals surface area (Å²) in [6.07, 6.45) is 1.77. The molecule has 0 spiro atoms. The van der Waals surface area contributed by atoms with Crippen molar-refractivity contribution in [3.63, 3.8) is 0 Å². The summed E-state index contributed by atoms with van der Waals surface area (Å²) in [4.78, 5) is 17.4. The molecule has 2 heterocycles. The molecule has 0 aliphatic carbocycles. The van der Waals surface area contributed by atoms with E-state index in [9.17, 15) is 4.79 Å². The molecule has 0 aromatic heterocycles. The number of carbonyl (C=O) groups is 1. The molecule has 156 valence electrons. The fourth-order valence-corrected chi connectivity index (χ4v) is 3.94. The van der Waals surface area contributed by atoms with Crippen LogP contribution in [0.3, 0.4) is 0 Å². The molecule has 2 amide bonds. The number of hydrogen-bond donors (Lipinski definition) is 2. The molecule has 0 saturated carbocycles. The number of amides is 2. The first-order valence-corrected chi connectivity index (χ1v) is 10.4. The fraction of sp³-hybridized carbons (Fsp3) is 0.667. The molecule has 3 rings (SSSR count). The molecule has 2 fully saturated rings. The standard InChI is InChI=1S/C21H34N4O3/c1-3-24-10-12-25(13-11-24)20(17-4-6-19(27-2)7-5-17)16-22-21(26)23-18-8-14-28-15-9-18/h4-7,18,20H,3,8-16H2,1-2H3,(H2,22,23,26). The summed E-state index contributed by atoms with van der Waals surface area (Å²) >= 11 is 0. The van der Waals surface area contributed by atoms with Crippen molar-refractivity contribution in [2.75, 3.05) is 59.6 Å². The SMILES string of the molecule is CCN1CCN(C(CNC(=O)NC2CCOCC2)c2ccc(OC)cc2)CC1. The van der Waals surface area contributed by atoms with Gasteiger partial charge in [-0.15, -0.1) is 0 Å². The molecule has 2 aliphatic rings. The smallest absolute Gasteiger partial charge is 0.315 e. The van der Waals surface area contributed by atoms with Crippen molar-refractivity contribution in [1.29, 1.82) is 0 Å². The van der Waals surface area contributed by atoms with Gasteiger partial charge in [0, 0.05) is 52.0 Å². The first kappa shape index (κ1) is 20.9. The van der Waals surface area contributed by atoms with Crippen molar-refractivity contribution >= 4 is 6.03 Å². The number of carbonyl (C=O) groups excluding carboxylic acids is 1. The van der Waals surface area contributed by atoms with Crippen LogP contribution in [0.15, 0.2) is 24.3 Å². The molecule has 0 bridgehead atoms. The molecule has 1 aromatic rings. The highest BCUT2D eigenvalue weighted by atomic mass is 16.5. The molecule has 0 radical (unpaired) electrons. The molecule has 1 aromatic carbocycles. The maximum Gasteiger partial charge on any atom is 0.315 e. The fourth-order valence-electron chi connectivity index (χ4n) is 3.94. The zero-order valence-corrected chi connectivity index (χ0v) is 17.2. The number of benzene rings is 1. The van der Waals surface area contributed by atoms with E-state index in [2.05, 4.69) is 39.5 Å². The van der Waals surface area contributed by atoms with Crippen LogP contribution in [-0.2, 0) is 4.74 Å². The summed E-state index contributed by atoms with van der Waals surface area (Å²) < 4.78 is 10.7. The second-order valence-electron chi connectivity index (χ2n) is 7.50. The summed E-state index contributed by atoms with van der Waals surface area (Å²) in [5.74, 6) is 0.850. The second-order valence-corrected chi connectivity index (χ2v) is 7.50. The molecule has 7 nitrogen and oxygen atoms in total. The Labute approximate surface area is 168 Å². The Morgan fingerprint density at radius 2 is 1.86 bits per heavy atom. The third-order valence-electron chi connectivity index (χ3n) is 5.81. The van der Waals surface area contributed by atoms with E-state index in [0.29, 0.717) is 6.54 Å². The second kappa shape index (κ2) is 10.6. The van der Waals surface area contributed by atoms with Crippen molar-refractivity contribution in [1.82, 2.24) is 20.4 Å². The van der Waals surface area contributed by atoms with Gasteiger partial charge in [0.15, 0.2) is 0 Å². The van der Waals surface area contributed by atoms with Crippen LogP contribution in [0.5, 0.6) is 5.75 Å². The molecule has 28 heavy (non-hydrogen) atoms. The van der Waals surface area contributed by atoms with Crippen LogP contribution in [0.2, 0.25) is 0 Å². The average molecular weight is 391 g/mol. The van der Waals surface area contributed by atoms with Crippen LogP contribution in [0.25, 0.3) is 0 Å². The number of piperazine rings is 1. The minimum absolute atomic E-state index is 0.0856. The van der Waals surface area contributed by atoms with Crippen LogP contribution >= 0.6 is 0 Å². The van der Waals surface area contributed by atoms with Gasteiger partial charge in [-0.1, -0.05) is 19.1 Å². The Balaban J connectivity index is 1.61. The molecule has 1 atom stereocenters. The van der Waals surface area contributed by atoms with E-state index in [4.69, 9.17) is 9.47 Å². The van der Waals surface area contributed by atoms with E-state index in [1.165, 1.54) is 5.56 Å². The number of ether oxygens (including phenoxy) is 2. The minimum atomic E-state index is -0.0856. The molecular weight excluding hydrogens is 356 g/mol. The van der Waals surface area contributed by atoms with Gasteiger partial charge >= 0.3 is 6.03 Å². The highest BCUT2D eigenvalue weighted by Gasteiger charge is 2.25. The van der Waals surface area contributed by atoms with E-state index in [1.807, 2.05) is 12.1 Å². The highest BCUT2D eigenvalue weighted by molar-refractivity contribution is 5.74. The predicted molar refractivity (Wildman–Crippen MR) is 110 cm³/mol. The third kappa shape index (κ3) is 5.83. The Kier molecular flexibility index (Phi) is 7.94. The number of methoxy groups -OCH3 is 1. The quantitative estimate of drug-likeness (QED) is 0.744. The lowest BCUT2D eigenvalue weighted by Crippen LogP contribution is -2.51. The first-order valence-electron chi connectivity index (χ1n) is 10.4. The molecule has 2 N–H and O–H groups in total. The predicted octanol–water partition coefficient (Wildman–Crippen LogP) is 1.85. The van der Waals surface area contributed by atoms with Crippen molar-refractivity contribution < 1.29 is 14.3 Å². The Hall–Kier alpha value is -1.83. The summed E-state index contributed by atoms with van der Waals surface area (Å²) in [5, 5.41) is 6.19. The maximum absolute atomic E-state index is 12.4. The number of rotatable bonds is 7. The lowest BCUT2D eigenvalue weighted by Gasteiger charge is -2.39. The van der Waals surface area contributed by atoms with Gasteiger partial charge in [0.25, 0.3) is 0 Å². The first-order chi connectivity index (χ1) is 13.7. The number of urea groups is 1. The van der Waals surface area contributed by atoms with Gasteiger partial charge < -0.3 is 25.0 Å². The molecule has 1 unspecified atom stereocenters. The zero-order valence-electron chi connectivity index (χ0n) is 17.2. The van der Waals surface area contributed by atoms with Gasteiger partial charge in [-0.25, -0.2) is 4.79 Å². The Bertz CT molecular complexity index is 596. The molecule has 2 aliphatic heterocycles. The summed E-state index contributed by atoms with van der Waals surface area (Å²) in [6.45, 7) is 9.48. The van der Waals surface area contributed by atoms with Gasteiger partial charge in [0.2, 0.25) is 0 Å². The van der Waals surface area contributed by atoms with E-state index in [-0.39, 0.29) is 18.1 Å². The van der Waals surface area contributed by atoms with Crippen molar-refractivity contribution in [3.8, 4) is 5.75 Å². The van der Waals surface area contributed by atoms with Crippen LogP contribution in [0.1, 0.15) is 31.4 Å². The normalized spacial score (nSPS) is 20.5. The number of likely N-dealkylation sites (N-methyl/N-ethyl adjacent to an activating group) is 1. The van der Waals surface area contributed by atoms with E-state index in [1.54, 1.807) is 7.11 Å². The van der Waals surface area contributed by atoms with Gasteiger partial charge in [-0.2, -0.15) is 0 Å².